The van der Waals surface area contributed by atoms with Gasteiger partial charge in [0.2, 0.25) is 11.8 Å². The Labute approximate surface area is 161 Å². The Kier molecular flexibility index (Phi) is 5.36. The molecule has 2 aromatic carbocycles. The third-order valence-electron chi connectivity index (χ3n) is 4.94. The lowest BCUT2D eigenvalue weighted by Gasteiger charge is -2.40. The van der Waals surface area contributed by atoms with Crippen molar-refractivity contribution in [1.82, 2.24) is 4.90 Å². The molecular weight excluding hydrogens is 336 g/mol. The molecule has 1 fully saturated rings. The second kappa shape index (κ2) is 7.55. The van der Waals surface area contributed by atoms with Crippen LogP contribution in [-0.4, -0.2) is 35.8 Å². The Morgan fingerprint density at radius 1 is 1.00 bits per heavy atom. The van der Waals surface area contributed by atoms with Crippen molar-refractivity contribution in [2.75, 3.05) is 18.0 Å². The van der Waals surface area contributed by atoms with E-state index in [0.29, 0.717) is 19.5 Å². The number of benzene rings is 2. The van der Waals surface area contributed by atoms with E-state index in [4.69, 9.17) is 0 Å². The lowest BCUT2D eigenvalue weighted by molar-refractivity contribution is -0.142. The highest BCUT2D eigenvalue weighted by molar-refractivity contribution is 6.03. The monoisotopic (exact) mass is 364 g/mol. The zero-order chi connectivity index (χ0) is 19.6. The van der Waals surface area contributed by atoms with Gasteiger partial charge in [0.1, 0.15) is 6.04 Å². The van der Waals surface area contributed by atoms with Gasteiger partial charge in [-0.25, -0.2) is 0 Å². The highest BCUT2D eigenvalue weighted by Crippen LogP contribution is 2.33. The summed E-state index contributed by atoms with van der Waals surface area (Å²) in [5.41, 5.74) is 2.94. The minimum Gasteiger partial charge on any atom is -0.329 e. The van der Waals surface area contributed by atoms with Crippen LogP contribution in [0.15, 0.2) is 54.6 Å². The first-order valence-corrected chi connectivity index (χ1v) is 9.53. The van der Waals surface area contributed by atoms with Crippen LogP contribution in [0, 0.1) is 5.41 Å². The molecule has 0 aliphatic carbocycles. The summed E-state index contributed by atoms with van der Waals surface area (Å²) in [6.07, 6.45) is 0.450. The molecule has 4 nitrogen and oxygen atoms in total. The van der Waals surface area contributed by atoms with E-state index in [2.05, 4.69) is 12.1 Å². The molecule has 2 aromatic rings. The summed E-state index contributed by atoms with van der Waals surface area (Å²) >= 11 is 0. The van der Waals surface area contributed by atoms with Crippen molar-refractivity contribution < 1.29 is 9.59 Å². The van der Waals surface area contributed by atoms with E-state index in [9.17, 15) is 9.59 Å². The smallest absolute Gasteiger partial charge is 0.249 e. The Morgan fingerprint density at radius 3 is 2.30 bits per heavy atom. The molecule has 3 rings (SSSR count). The Morgan fingerprint density at radius 2 is 1.63 bits per heavy atom. The Hall–Kier alpha value is -2.62. The number of carbonyl (C=O) groups is 2. The molecule has 4 heteroatoms. The highest BCUT2D eigenvalue weighted by atomic mass is 16.2. The predicted molar refractivity (Wildman–Crippen MR) is 109 cm³/mol. The number of para-hydroxylation sites is 1. The number of hydrogen-bond acceptors (Lipinski definition) is 2. The molecule has 2 amide bonds. The van der Waals surface area contributed by atoms with Crippen LogP contribution in [-0.2, 0) is 9.59 Å². The second-order valence-electron chi connectivity index (χ2n) is 8.37. The van der Waals surface area contributed by atoms with E-state index < -0.39 is 6.04 Å². The van der Waals surface area contributed by atoms with Crippen molar-refractivity contribution in [1.29, 1.82) is 0 Å². The van der Waals surface area contributed by atoms with Gasteiger partial charge >= 0.3 is 0 Å². The molecule has 1 atom stereocenters. The number of carbonyl (C=O) groups excluding carboxylic acids is 2. The molecular formula is C23H28N2O2. The predicted octanol–water partition coefficient (Wildman–Crippen LogP) is 4.35. The molecule has 1 saturated heterocycles. The van der Waals surface area contributed by atoms with Crippen LogP contribution in [0.3, 0.4) is 0 Å². The molecule has 1 heterocycles. The maximum absolute atomic E-state index is 13.1. The van der Waals surface area contributed by atoms with Gasteiger partial charge in [-0.15, -0.1) is 0 Å². The van der Waals surface area contributed by atoms with Crippen molar-refractivity contribution in [2.24, 2.45) is 5.41 Å². The second-order valence-corrected chi connectivity index (χ2v) is 8.37. The summed E-state index contributed by atoms with van der Waals surface area (Å²) in [6, 6.07) is 17.6. The molecule has 1 aliphatic rings. The summed E-state index contributed by atoms with van der Waals surface area (Å²) in [6.45, 7) is 9.05. The van der Waals surface area contributed by atoms with Crippen molar-refractivity contribution in [2.45, 2.75) is 40.2 Å². The minimum atomic E-state index is -0.447. The molecule has 1 unspecified atom stereocenters. The van der Waals surface area contributed by atoms with E-state index in [1.54, 1.807) is 4.90 Å². The minimum absolute atomic E-state index is 0.0214. The molecule has 0 aromatic heterocycles. The molecule has 1 aliphatic heterocycles. The van der Waals surface area contributed by atoms with Crippen molar-refractivity contribution >= 4 is 17.5 Å². The Balaban J connectivity index is 1.85. The van der Waals surface area contributed by atoms with E-state index >= 15 is 0 Å². The number of nitrogens with zero attached hydrogens (tertiary/aromatic N) is 2. The molecule has 0 radical (unpaired) electrons. The lowest BCUT2D eigenvalue weighted by atomic mass is 9.91. The van der Waals surface area contributed by atoms with Crippen LogP contribution in [0.1, 0.15) is 34.1 Å². The SMILES string of the molecule is CC1C(=O)N(c2ccccc2-c2ccccc2)CCN1C(=O)CC(C)(C)C. The van der Waals surface area contributed by atoms with E-state index in [-0.39, 0.29) is 17.2 Å². The van der Waals surface area contributed by atoms with Gasteiger partial charge in [-0.1, -0.05) is 69.3 Å². The van der Waals surface area contributed by atoms with Gasteiger partial charge in [-0.3, -0.25) is 9.59 Å². The average molecular weight is 364 g/mol. The van der Waals surface area contributed by atoms with Crippen LogP contribution in [0.5, 0.6) is 0 Å². The fourth-order valence-corrected chi connectivity index (χ4v) is 3.58. The van der Waals surface area contributed by atoms with Gasteiger partial charge in [0.05, 0.1) is 5.69 Å². The topological polar surface area (TPSA) is 40.6 Å². The van der Waals surface area contributed by atoms with E-state index in [1.165, 1.54) is 0 Å². The summed E-state index contributed by atoms with van der Waals surface area (Å²) in [4.78, 5) is 29.3. The van der Waals surface area contributed by atoms with E-state index in [1.807, 2.05) is 75.1 Å². The third-order valence-corrected chi connectivity index (χ3v) is 4.94. The van der Waals surface area contributed by atoms with Gasteiger partial charge in [0, 0.05) is 25.1 Å². The zero-order valence-electron chi connectivity index (χ0n) is 16.6. The molecule has 0 N–H and O–H groups in total. The zero-order valence-corrected chi connectivity index (χ0v) is 16.6. The van der Waals surface area contributed by atoms with E-state index in [0.717, 1.165) is 16.8 Å². The maximum Gasteiger partial charge on any atom is 0.249 e. The van der Waals surface area contributed by atoms with Crippen LogP contribution in [0.25, 0.3) is 11.1 Å². The fraction of sp³-hybridized carbons (Fsp3) is 0.391. The van der Waals surface area contributed by atoms with Crippen LogP contribution in [0.4, 0.5) is 5.69 Å². The lowest BCUT2D eigenvalue weighted by Crippen LogP contribution is -2.58. The number of piperazine rings is 1. The molecule has 0 bridgehead atoms. The van der Waals surface area contributed by atoms with Crippen LogP contribution in [0.2, 0.25) is 0 Å². The average Bonchev–Trinajstić information content (AvgIpc) is 2.63. The molecule has 0 saturated carbocycles. The molecule has 142 valence electrons. The Bertz CT molecular complexity index is 824. The van der Waals surface area contributed by atoms with Gasteiger partial charge in [-0.2, -0.15) is 0 Å². The van der Waals surface area contributed by atoms with Gasteiger partial charge in [-0.05, 0) is 24.0 Å². The van der Waals surface area contributed by atoms with Gasteiger partial charge in [0.15, 0.2) is 0 Å². The van der Waals surface area contributed by atoms with Crippen LogP contribution >= 0.6 is 0 Å². The largest absolute Gasteiger partial charge is 0.329 e. The first kappa shape index (κ1) is 19.2. The van der Waals surface area contributed by atoms with Gasteiger partial charge < -0.3 is 9.80 Å². The van der Waals surface area contributed by atoms with Crippen molar-refractivity contribution in [3.05, 3.63) is 54.6 Å². The number of rotatable bonds is 3. The molecule has 0 spiro atoms. The first-order valence-electron chi connectivity index (χ1n) is 9.53. The summed E-state index contributed by atoms with van der Waals surface area (Å²) in [5, 5.41) is 0. The summed E-state index contributed by atoms with van der Waals surface area (Å²) in [7, 11) is 0. The number of amides is 2. The summed E-state index contributed by atoms with van der Waals surface area (Å²) in [5.74, 6) is 0.0336. The highest BCUT2D eigenvalue weighted by Gasteiger charge is 2.36. The quantitative estimate of drug-likeness (QED) is 0.812. The summed E-state index contributed by atoms with van der Waals surface area (Å²) < 4.78 is 0. The standard InChI is InChI=1S/C23H28N2O2/c1-17-22(27)25(15-14-24(17)21(26)16-23(2,3)4)20-13-9-8-12-19(20)18-10-6-5-7-11-18/h5-13,17H,14-16H2,1-4H3. The maximum atomic E-state index is 13.1. The number of anilines is 1. The first-order chi connectivity index (χ1) is 12.8. The van der Waals surface area contributed by atoms with Crippen LogP contribution < -0.4 is 4.90 Å². The van der Waals surface area contributed by atoms with Gasteiger partial charge in [0.25, 0.3) is 0 Å². The normalized spacial score (nSPS) is 17.9. The number of hydrogen-bond donors (Lipinski definition) is 0. The fourth-order valence-electron chi connectivity index (χ4n) is 3.58. The van der Waals surface area contributed by atoms with Crippen molar-refractivity contribution in [3.8, 4) is 11.1 Å². The molecule has 27 heavy (non-hydrogen) atoms. The van der Waals surface area contributed by atoms with Crippen molar-refractivity contribution in [3.63, 3.8) is 0 Å². The third kappa shape index (κ3) is 4.21.